The number of hydrogen-bond donors (Lipinski definition) is 0. The topological polar surface area (TPSA) is 26.0 Å². The van der Waals surface area contributed by atoms with Gasteiger partial charge in [0, 0.05) is 62.4 Å². The van der Waals surface area contributed by atoms with Crippen LogP contribution in [0, 0.1) is 0 Å². The van der Waals surface area contributed by atoms with Crippen LogP contribution in [0.2, 0.25) is 0 Å². The number of benzene rings is 6. The molecule has 0 aliphatic carbocycles. The molecule has 0 aliphatic heterocycles. The van der Waals surface area contributed by atoms with Crippen molar-refractivity contribution in [2.45, 2.75) is 0 Å². The lowest BCUT2D eigenvalue weighted by atomic mass is 10.1. The van der Waals surface area contributed by atoms with Gasteiger partial charge >= 0.3 is 0 Å². The van der Waals surface area contributed by atoms with Crippen LogP contribution in [0.3, 0.4) is 0 Å². The summed E-state index contributed by atoms with van der Waals surface area (Å²) >= 11 is 0. The average molecular weight is 577 g/mol. The number of nitrogens with zero attached hydrogens (tertiary/aromatic N) is 4. The van der Waals surface area contributed by atoms with Crippen molar-refractivity contribution in [2.75, 3.05) is 4.90 Å². The van der Waals surface area contributed by atoms with Crippen LogP contribution < -0.4 is 4.90 Å². The van der Waals surface area contributed by atoms with Gasteiger partial charge in [-0.3, -0.25) is 4.98 Å². The Morgan fingerprint density at radius 1 is 0.378 bits per heavy atom. The predicted molar refractivity (Wildman–Crippen MR) is 188 cm³/mol. The average Bonchev–Trinajstić information content (AvgIpc) is 3.62. The molecule has 0 fully saturated rings. The molecular formula is C41H28N4. The summed E-state index contributed by atoms with van der Waals surface area (Å²) in [5, 5.41) is 4.77. The number of hydrogen-bond acceptors (Lipinski definition) is 2. The Balaban J connectivity index is 1.28. The molecule has 0 amide bonds. The number of aromatic nitrogens is 3. The number of anilines is 3. The van der Waals surface area contributed by atoms with Gasteiger partial charge in [0.25, 0.3) is 0 Å². The summed E-state index contributed by atoms with van der Waals surface area (Å²) in [5.74, 6) is 0. The van der Waals surface area contributed by atoms with E-state index in [9.17, 15) is 0 Å². The summed E-state index contributed by atoms with van der Waals surface area (Å²) in [6.07, 6.45) is 3.86. The van der Waals surface area contributed by atoms with Crippen molar-refractivity contribution < 1.29 is 0 Å². The number of fused-ring (bicyclic) bond motifs is 6. The lowest BCUT2D eigenvalue weighted by Gasteiger charge is -2.25. The first-order valence-corrected chi connectivity index (χ1v) is 15.2. The molecule has 0 radical (unpaired) electrons. The van der Waals surface area contributed by atoms with Crippen LogP contribution in [0.25, 0.3) is 55.0 Å². The minimum Gasteiger partial charge on any atom is -0.310 e. The molecule has 0 spiro atoms. The molecule has 0 saturated carbocycles. The first-order chi connectivity index (χ1) is 22.3. The number of para-hydroxylation sites is 4. The maximum atomic E-state index is 4.51. The highest BCUT2D eigenvalue weighted by molar-refractivity contribution is 6.12. The summed E-state index contributed by atoms with van der Waals surface area (Å²) in [6.45, 7) is 0. The van der Waals surface area contributed by atoms with E-state index >= 15 is 0 Å². The Morgan fingerprint density at radius 2 is 0.933 bits per heavy atom. The second-order valence-corrected chi connectivity index (χ2v) is 11.3. The van der Waals surface area contributed by atoms with Gasteiger partial charge < -0.3 is 14.0 Å². The van der Waals surface area contributed by atoms with E-state index in [0.717, 1.165) is 44.9 Å². The molecular weight excluding hydrogens is 548 g/mol. The van der Waals surface area contributed by atoms with Crippen molar-refractivity contribution >= 4 is 60.7 Å². The molecule has 212 valence electrons. The van der Waals surface area contributed by atoms with E-state index in [4.69, 9.17) is 0 Å². The van der Waals surface area contributed by atoms with Gasteiger partial charge in [-0.25, -0.2) is 0 Å². The minimum atomic E-state index is 1.12. The Labute approximate surface area is 260 Å². The first kappa shape index (κ1) is 25.4. The summed E-state index contributed by atoms with van der Waals surface area (Å²) < 4.78 is 4.72. The van der Waals surface area contributed by atoms with Gasteiger partial charge in [0.05, 0.1) is 22.1 Å². The highest BCUT2D eigenvalue weighted by atomic mass is 15.1. The fourth-order valence-corrected chi connectivity index (χ4v) is 6.83. The van der Waals surface area contributed by atoms with Crippen molar-refractivity contribution in [3.8, 4) is 11.4 Å². The molecule has 6 aromatic carbocycles. The van der Waals surface area contributed by atoms with E-state index in [0.29, 0.717) is 0 Å². The van der Waals surface area contributed by atoms with Crippen molar-refractivity contribution in [3.05, 3.63) is 170 Å². The summed E-state index contributed by atoms with van der Waals surface area (Å²) in [6, 6.07) is 56.2. The standard InChI is InChI=1S/C41H28N4/c1-4-12-29(13-5-1)43(30-14-6-2-7-15-30)32-20-22-39-35(26-32)34-18-10-11-19-38(34)45(39)33-21-23-40-36(27-33)37-28-42-25-24-41(37)44(40)31-16-8-3-9-17-31/h1-28H. The third-order valence-electron chi connectivity index (χ3n) is 8.77. The lowest BCUT2D eigenvalue weighted by molar-refractivity contribution is 1.16. The van der Waals surface area contributed by atoms with Crippen molar-refractivity contribution in [3.63, 3.8) is 0 Å². The van der Waals surface area contributed by atoms with Gasteiger partial charge in [-0.2, -0.15) is 0 Å². The molecule has 9 rings (SSSR count). The minimum absolute atomic E-state index is 1.12. The van der Waals surface area contributed by atoms with Crippen LogP contribution >= 0.6 is 0 Å². The molecule has 0 unspecified atom stereocenters. The van der Waals surface area contributed by atoms with Crippen LogP contribution in [0.5, 0.6) is 0 Å². The van der Waals surface area contributed by atoms with Crippen LogP contribution in [-0.4, -0.2) is 14.1 Å². The maximum absolute atomic E-state index is 4.51. The molecule has 4 nitrogen and oxygen atoms in total. The molecule has 0 aliphatic rings. The van der Waals surface area contributed by atoms with Crippen molar-refractivity contribution in [1.29, 1.82) is 0 Å². The van der Waals surface area contributed by atoms with E-state index in [1.54, 1.807) is 0 Å². The SMILES string of the molecule is c1ccc(N(c2ccccc2)c2ccc3c(c2)c2ccccc2n3-c2ccc3c(c2)c2cnccc2n3-c2ccccc2)cc1. The zero-order chi connectivity index (χ0) is 29.7. The molecule has 3 aromatic heterocycles. The molecule has 3 heterocycles. The zero-order valence-corrected chi connectivity index (χ0v) is 24.5. The Bertz CT molecular complexity index is 2440. The summed E-state index contributed by atoms with van der Waals surface area (Å²) in [7, 11) is 0. The van der Waals surface area contributed by atoms with Gasteiger partial charge in [0.15, 0.2) is 0 Å². The van der Waals surface area contributed by atoms with Gasteiger partial charge in [0.2, 0.25) is 0 Å². The van der Waals surface area contributed by atoms with E-state index in [1.807, 2.05) is 12.4 Å². The largest absolute Gasteiger partial charge is 0.310 e. The smallest absolute Gasteiger partial charge is 0.0571 e. The highest BCUT2D eigenvalue weighted by Crippen LogP contribution is 2.40. The molecule has 0 saturated heterocycles. The van der Waals surface area contributed by atoms with Crippen molar-refractivity contribution in [2.24, 2.45) is 0 Å². The third kappa shape index (κ3) is 4.04. The maximum Gasteiger partial charge on any atom is 0.0571 e. The highest BCUT2D eigenvalue weighted by Gasteiger charge is 2.19. The number of rotatable bonds is 5. The van der Waals surface area contributed by atoms with Crippen molar-refractivity contribution in [1.82, 2.24) is 14.1 Å². The monoisotopic (exact) mass is 576 g/mol. The van der Waals surface area contributed by atoms with Crippen LogP contribution in [0.15, 0.2) is 170 Å². The Hall–Kier alpha value is -6.13. The van der Waals surface area contributed by atoms with E-state index in [1.165, 1.54) is 27.2 Å². The second kappa shape index (κ2) is 10.2. The van der Waals surface area contributed by atoms with Gasteiger partial charge in [0.1, 0.15) is 0 Å². The normalized spacial score (nSPS) is 11.6. The molecule has 0 N–H and O–H groups in total. The van der Waals surface area contributed by atoms with Crippen LogP contribution in [0.4, 0.5) is 17.1 Å². The fourth-order valence-electron chi connectivity index (χ4n) is 6.83. The molecule has 0 atom stereocenters. The second-order valence-electron chi connectivity index (χ2n) is 11.3. The quantitative estimate of drug-likeness (QED) is 0.204. The third-order valence-corrected chi connectivity index (χ3v) is 8.77. The number of pyridine rings is 1. The summed E-state index contributed by atoms with van der Waals surface area (Å²) in [5.41, 5.74) is 10.3. The Kier molecular flexibility index (Phi) is 5.78. The molecule has 45 heavy (non-hydrogen) atoms. The van der Waals surface area contributed by atoms with E-state index in [-0.39, 0.29) is 0 Å². The van der Waals surface area contributed by atoms with E-state index in [2.05, 4.69) is 177 Å². The van der Waals surface area contributed by atoms with Gasteiger partial charge in [-0.1, -0.05) is 72.8 Å². The van der Waals surface area contributed by atoms with Crippen LogP contribution in [-0.2, 0) is 0 Å². The fraction of sp³-hybridized carbons (Fsp3) is 0. The van der Waals surface area contributed by atoms with Gasteiger partial charge in [-0.15, -0.1) is 0 Å². The molecule has 9 aromatic rings. The Morgan fingerprint density at radius 3 is 1.67 bits per heavy atom. The lowest BCUT2D eigenvalue weighted by Crippen LogP contribution is -2.09. The van der Waals surface area contributed by atoms with Crippen LogP contribution in [0.1, 0.15) is 0 Å². The summed E-state index contributed by atoms with van der Waals surface area (Å²) in [4.78, 5) is 6.84. The van der Waals surface area contributed by atoms with E-state index < -0.39 is 0 Å². The molecule has 0 bridgehead atoms. The predicted octanol–water partition coefficient (Wildman–Crippen LogP) is 10.7. The molecule has 4 heteroatoms. The first-order valence-electron chi connectivity index (χ1n) is 15.2. The van der Waals surface area contributed by atoms with Gasteiger partial charge in [-0.05, 0) is 84.9 Å². The zero-order valence-electron chi connectivity index (χ0n) is 24.5.